The standard InChI is InChI=1S/C11H16N2O/c1-7-5-13(3)8(2)10-4-9(6-14)12-11(7)10/h4,6-8,12H,5H2,1-3H3/t7-,8+/m1/s1. The molecule has 1 N–H and O–H groups in total. The van der Waals surface area contributed by atoms with Gasteiger partial charge < -0.3 is 4.98 Å². The third kappa shape index (κ3) is 1.28. The fourth-order valence-corrected chi connectivity index (χ4v) is 2.24. The van der Waals surface area contributed by atoms with Gasteiger partial charge in [0, 0.05) is 24.2 Å². The molecule has 76 valence electrons. The number of nitrogens with zero attached hydrogens (tertiary/aromatic N) is 1. The number of aromatic nitrogens is 1. The summed E-state index contributed by atoms with van der Waals surface area (Å²) in [5, 5.41) is 0. The number of rotatable bonds is 1. The average Bonchev–Trinajstić information content (AvgIpc) is 2.58. The Kier molecular flexibility index (Phi) is 2.19. The molecule has 1 aromatic heterocycles. The SMILES string of the molecule is C[C@@H]1CN(C)[C@@H](C)c2cc(C=O)[nH]c21. The Morgan fingerprint density at radius 1 is 1.57 bits per heavy atom. The summed E-state index contributed by atoms with van der Waals surface area (Å²) in [7, 11) is 2.12. The van der Waals surface area contributed by atoms with Crippen LogP contribution >= 0.6 is 0 Å². The molecule has 3 heteroatoms. The van der Waals surface area contributed by atoms with Crippen LogP contribution in [-0.2, 0) is 0 Å². The van der Waals surface area contributed by atoms with E-state index in [1.807, 2.05) is 6.07 Å². The molecule has 2 heterocycles. The second kappa shape index (κ2) is 3.24. The highest BCUT2D eigenvalue weighted by Crippen LogP contribution is 2.34. The minimum atomic E-state index is 0.408. The predicted octanol–water partition coefficient (Wildman–Crippen LogP) is 1.94. The van der Waals surface area contributed by atoms with Crippen LogP contribution in [0.15, 0.2) is 6.07 Å². The summed E-state index contributed by atoms with van der Waals surface area (Å²) < 4.78 is 0. The summed E-state index contributed by atoms with van der Waals surface area (Å²) in [6, 6.07) is 2.38. The van der Waals surface area contributed by atoms with E-state index in [0.29, 0.717) is 17.7 Å². The van der Waals surface area contributed by atoms with Gasteiger partial charge in [-0.15, -0.1) is 0 Å². The third-order valence-electron chi connectivity index (χ3n) is 3.19. The molecule has 2 rings (SSSR count). The summed E-state index contributed by atoms with van der Waals surface area (Å²) >= 11 is 0. The molecule has 0 saturated carbocycles. The van der Waals surface area contributed by atoms with Gasteiger partial charge in [-0.05, 0) is 25.6 Å². The Hall–Kier alpha value is -1.09. The van der Waals surface area contributed by atoms with Crippen molar-refractivity contribution in [3.05, 3.63) is 23.0 Å². The molecule has 2 atom stereocenters. The van der Waals surface area contributed by atoms with Crippen LogP contribution in [0, 0.1) is 0 Å². The molecule has 0 spiro atoms. The smallest absolute Gasteiger partial charge is 0.166 e. The summed E-state index contributed by atoms with van der Waals surface area (Å²) in [4.78, 5) is 16.2. The molecule has 14 heavy (non-hydrogen) atoms. The number of H-pyrrole nitrogens is 1. The van der Waals surface area contributed by atoms with E-state index in [-0.39, 0.29) is 0 Å². The molecule has 0 saturated heterocycles. The van der Waals surface area contributed by atoms with Crippen molar-refractivity contribution in [1.82, 2.24) is 9.88 Å². The Bertz CT molecular complexity index is 356. The van der Waals surface area contributed by atoms with Gasteiger partial charge in [0.25, 0.3) is 0 Å². The topological polar surface area (TPSA) is 36.1 Å². The highest BCUT2D eigenvalue weighted by Gasteiger charge is 2.27. The molecule has 0 radical (unpaired) electrons. The van der Waals surface area contributed by atoms with E-state index in [9.17, 15) is 4.79 Å². The fourth-order valence-electron chi connectivity index (χ4n) is 2.24. The highest BCUT2D eigenvalue weighted by atomic mass is 16.1. The number of aldehydes is 1. The quantitative estimate of drug-likeness (QED) is 0.690. The van der Waals surface area contributed by atoms with Crippen LogP contribution in [0.1, 0.15) is 47.6 Å². The maximum atomic E-state index is 10.7. The van der Waals surface area contributed by atoms with E-state index >= 15 is 0 Å². The van der Waals surface area contributed by atoms with Crippen LogP contribution in [0.25, 0.3) is 0 Å². The van der Waals surface area contributed by atoms with E-state index in [2.05, 4.69) is 30.8 Å². The lowest BCUT2D eigenvalue weighted by molar-refractivity contribution is 0.111. The van der Waals surface area contributed by atoms with Crippen molar-refractivity contribution >= 4 is 6.29 Å². The van der Waals surface area contributed by atoms with Gasteiger partial charge in [-0.3, -0.25) is 9.69 Å². The van der Waals surface area contributed by atoms with Crippen LogP contribution in [0.3, 0.4) is 0 Å². The second-order valence-corrected chi connectivity index (χ2v) is 4.23. The number of likely N-dealkylation sites (N-methyl/N-ethyl adjacent to an activating group) is 1. The molecule has 0 amide bonds. The minimum Gasteiger partial charge on any atom is -0.356 e. The van der Waals surface area contributed by atoms with E-state index in [1.165, 1.54) is 11.3 Å². The summed E-state index contributed by atoms with van der Waals surface area (Å²) in [5.74, 6) is 0.486. The molecule has 0 fully saturated rings. The number of fused-ring (bicyclic) bond motifs is 1. The zero-order valence-electron chi connectivity index (χ0n) is 8.87. The van der Waals surface area contributed by atoms with Gasteiger partial charge in [0.2, 0.25) is 0 Å². The average molecular weight is 192 g/mol. The number of aromatic amines is 1. The van der Waals surface area contributed by atoms with Gasteiger partial charge in [-0.25, -0.2) is 0 Å². The Morgan fingerprint density at radius 2 is 2.29 bits per heavy atom. The maximum Gasteiger partial charge on any atom is 0.166 e. The molecule has 1 aliphatic rings. The van der Waals surface area contributed by atoms with Crippen molar-refractivity contribution in [2.45, 2.75) is 25.8 Å². The number of hydrogen-bond acceptors (Lipinski definition) is 2. The second-order valence-electron chi connectivity index (χ2n) is 4.23. The molecule has 0 aromatic carbocycles. The number of nitrogens with one attached hydrogen (secondary N) is 1. The van der Waals surface area contributed by atoms with Crippen LogP contribution in [0.2, 0.25) is 0 Å². The molecular formula is C11H16N2O. The largest absolute Gasteiger partial charge is 0.356 e. The van der Waals surface area contributed by atoms with Crippen molar-refractivity contribution in [3.8, 4) is 0 Å². The van der Waals surface area contributed by atoms with E-state index in [4.69, 9.17) is 0 Å². The number of carbonyl (C=O) groups is 1. The monoisotopic (exact) mass is 192 g/mol. The zero-order chi connectivity index (χ0) is 10.3. The molecule has 0 unspecified atom stereocenters. The fraction of sp³-hybridized carbons (Fsp3) is 0.545. The van der Waals surface area contributed by atoms with Crippen molar-refractivity contribution in [3.63, 3.8) is 0 Å². The van der Waals surface area contributed by atoms with Gasteiger partial charge in [-0.1, -0.05) is 6.92 Å². The lowest BCUT2D eigenvalue weighted by atomic mass is 9.93. The van der Waals surface area contributed by atoms with Gasteiger partial charge >= 0.3 is 0 Å². The van der Waals surface area contributed by atoms with Crippen molar-refractivity contribution in [2.24, 2.45) is 0 Å². The van der Waals surface area contributed by atoms with Gasteiger partial charge in [-0.2, -0.15) is 0 Å². The minimum absolute atomic E-state index is 0.408. The van der Waals surface area contributed by atoms with Crippen LogP contribution in [0.4, 0.5) is 0 Å². The first-order valence-corrected chi connectivity index (χ1v) is 5.01. The van der Waals surface area contributed by atoms with Crippen molar-refractivity contribution in [1.29, 1.82) is 0 Å². The highest BCUT2D eigenvalue weighted by molar-refractivity contribution is 5.73. The lowest BCUT2D eigenvalue weighted by Crippen LogP contribution is -2.32. The first kappa shape index (κ1) is 9.46. The van der Waals surface area contributed by atoms with E-state index in [0.717, 1.165) is 12.8 Å². The summed E-state index contributed by atoms with van der Waals surface area (Å²) in [5.41, 5.74) is 3.20. The lowest BCUT2D eigenvalue weighted by Gasteiger charge is -2.33. The first-order valence-electron chi connectivity index (χ1n) is 5.01. The number of hydrogen-bond donors (Lipinski definition) is 1. The number of carbonyl (C=O) groups excluding carboxylic acids is 1. The van der Waals surface area contributed by atoms with Crippen LogP contribution in [0.5, 0.6) is 0 Å². The molecule has 0 bridgehead atoms. The normalized spacial score (nSPS) is 27.4. The first-order chi connectivity index (χ1) is 6.63. The van der Waals surface area contributed by atoms with E-state index in [1.54, 1.807) is 0 Å². The maximum absolute atomic E-state index is 10.7. The van der Waals surface area contributed by atoms with Gasteiger partial charge in [0.05, 0.1) is 5.69 Å². The third-order valence-corrected chi connectivity index (χ3v) is 3.19. The molecule has 1 aromatic rings. The Balaban J connectivity index is 2.47. The van der Waals surface area contributed by atoms with Gasteiger partial charge in [0.15, 0.2) is 6.29 Å². The molecular weight excluding hydrogens is 176 g/mol. The van der Waals surface area contributed by atoms with Crippen LogP contribution in [-0.4, -0.2) is 29.8 Å². The Labute approximate surface area is 84.1 Å². The van der Waals surface area contributed by atoms with E-state index < -0.39 is 0 Å². The molecule has 1 aliphatic heterocycles. The zero-order valence-corrected chi connectivity index (χ0v) is 8.87. The summed E-state index contributed by atoms with van der Waals surface area (Å²) in [6.07, 6.45) is 0.887. The molecule has 3 nitrogen and oxygen atoms in total. The predicted molar refractivity (Wildman–Crippen MR) is 55.6 cm³/mol. The van der Waals surface area contributed by atoms with Crippen molar-refractivity contribution < 1.29 is 4.79 Å². The van der Waals surface area contributed by atoms with Crippen molar-refractivity contribution in [2.75, 3.05) is 13.6 Å². The Morgan fingerprint density at radius 3 is 2.93 bits per heavy atom. The summed E-state index contributed by atoms with van der Waals surface area (Å²) in [6.45, 7) is 5.41. The molecule has 0 aliphatic carbocycles. The van der Waals surface area contributed by atoms with Crippen LogP contribution < -0.4 is 0 Å². The van der Waals surface area contributed by atoms with Gasteiger partial charge in [0.1, 0.15) is 0 Å².